The van der Waals surface area contributed by atoms with Gasteiger partial charge < -0.3 is 10.6 Å². The Morgan fingerprint density at radius 1 is 1.21 bits per heavy atom. The minimum absolute atomic E-state index is 0.160. The van der Waals surface area contributed by atoms with Gasteiger partial charge in [-0.2, -0.15) is 5.10 Å². The number of H-pyrrole nitrogens is 1. The molecule has 0 spiro atoms. The number of hydrogen-bond acceptors (Lipinski definition) is 4. The van der Waals surface area contributed by atoms with E-state index in [1.54, 1.807) is 6.20 Å². The van der Waals surface area contributed by atoms with Gasteiger partial charge in [0.1, 0.15) is 5.82 Å². The predicted octanol–water partition coefficient (Wildman–Crippen LogP) is 3.39. The highest BCUT2D eigenvalue weighted by Crippen LogP contribution is 2.28. The minimum atomic E-state index is -0.160. The molecule has 3 heterocycles. The number of amides is 1. The quantitative estimate of drug-likeness (QED) is 0.502. The van der Waals surface area contributed by atoms with Crippen LogP contribution in [0.1, 0.15) is 34.2 Å². The molecule has 1 amide bonds. The molecule has 1 unspecified atom stereocenters. The number of imidazole rings is 1. The molecule has 146 valence electrons. The maximum absolute atomic E-state index is 12.9. The summed E-state index contributed by atoms with van der Waals surface area (Å²) in [6.07, 6.45) is 2.71. The van der Waals surface area contributed by atoms with Gasteiger partial charge in [0.25, 0.3) is 5.91 Å². The molecule has 2 aromatic carbocycles. The van der Waals surface area contributed by atoms with Crippen LogP contribution in [0.25, 0.3) is 16.7 Å². The smallest absolute Gasteiger partial charge is 0.255 e. The molecule has 0 aliphatic carbocycles. The fraction of sp³-hybridized carbons (Fsp3) is 0.227. The maximum Gasteiger partial charge on any atom is 0.255 e. The number of nitrogens with one attached hydrogen (secondary N) is 3. The third-order valence-electron chi connectivity index (χ3n) is 5.48. The Balaban J connectivity index is 1.44. The number of aryl methyl sites for hydroxylation is 1. The van der Waals surface area contributed by atoms with Crippen molar-refractivity contribution >= 4 is 22.6 Å². The molecule has 3 N–H and O–H groups in total. The van der Waals surface area contributed by atoms with Crippen molar-refractivity contribution in [1.29, 1.82) is 0 Å². The van der Waals surface area contributed by atoms with Crippen LogP contribution < -0.4 is 10.6 Å². The topological polar surface area (TPSA) is 87.6 Å². The molecular formula is C22H22N6O. The second-order valence-corrected chi connectivity index (χ2v) is 7.37. The van der Waals surface area contributed by atoms with Crippen LogP contribution in [0.5, 0.6) is 0 Å². The number of aromatic nitrogens is 4. The Bertz CT molecular complexity index is 1170. The van der Waals surface area contributed by atoms with E-state index in [4.69, 9.17) is 0 Å². The molecule has 5 rings (SSSR count). The molecule has 1 aliphatic heterocycles. The number of fused-ring (bicyclic) bond motifs is 1. The molecule has 0 radical (unpaired) electrons. The van der Waals surface area contributed by atoms with Gasteiger partial charge in [0.2, 0.25) is 0 Å². The lowest BCUT2D eigenvalue weighted by atomic mass is 10.0. The summed E-state index contributed by atoms with van der Waals surface area (Å²) in [5, 5.41) is 13.5. The standard InChI is InChI=1S/C22H22N6O/c1-14-25-18-11-15(7-8-20(18)28(14)17-5-3-2-4-6-17)22(29)26-19-13-24-27-21(19)16-9-10-23-12-16/h2-8,11,13,16,23H,9-10,12H2,1H3,(H,24,27)(H,26,29). The molecule has 7 nitrogen and oxygen atoms in total. The summed E-state index contributed by atoms with van der Waals surface area (Å²) in [6, 6.07) is 15.7. The number of carbonyl (C=O) groups is 1. The summed E-state index contributed by atoms with van der Waals surface area (Å²) >= 11 is 0. The van der Waals surface area contributed by atoms with E-state index in [1.807, 2.05) is 55.5 Å². The van der Waals surface area contributed by atoms with Crippen molar-refractivity contribution in [1.82, 2.24) is 25.1 Å². The van der Waals surface area contributed by atoms with Crippen LogP contribution in [0, 0.1) is 6.92 Å². The van der Waals surface area contributed by atoms with Crippen LogP contribution in [0.4, 0.5) is 5.69 Å². The molecule has 1 saturated heterocycles. The number of nitrogens with zero attached hydrogens (tertiary/aromatic N) is 3. The van der Waals surface area contributed by atoms with Crippen molar-refractivity contribution in [2.24, 2.45) is 0 Å². The van der Waals surface area contributed by atoms with Gasteiger partial charge in [0.15, 0.2) is 0 Å². The molecule has 2 aromatic heterocycles. The molecule has 0 bridgehead atoms. The third kappa shape index (κ3) is 3.19. The van der Waals surface area contributed by atoms with Crippen molar-refractivity contribution in [2.75, 3.05) is 18.4 Å². The van der Waals surface area contributed by atoms with Crippen LogP contribution in [0.15, 0.2) is 54.7 Å². The first kappa shape index (κ1) is 17.6. The van der Waals surface area contributed by atoms with Crippen LogP contribution in [-0.4, -0.2) is 38.7 Å². The van der Waals surface area contributed by atoms with Crippen molar-refractivity contribution in [2.45, 2.75) is 19.3 Å². The van der Waals surface area contributed by atoms with Crippen molar-refractivity contribution in [3.05, 3.63) is 71.8 Å². The number of aromatic amines is 1. The summed E-state index contributed by atoms with van der Waals surface area (Å²) in [5.41, 5.74) is 5.13. The van der Waals surface area contributed by atoms with Crippen LogP contribution in [0.2, 0.25) is 0 Å². The van der Waals surface area contributed by atoms with Crippen LogP contribution in [0.3, 0.4) is 0 Å². The van der Waals surface area contributed by atoms with E-state index in [0.29, 0.717) is 11.5 Å². The molecule has 0 saturated carbocycles. The maximum atomic E-state index is 12.9. The van der Waals surface area contributed by atoms with Gasteiger partial charge in [-0.3, -0.25) is 14.5 Å². The molecule has 1 atom stereocenters. The van der Waals surface area contributed by atoms with Crippen molar-refractivity contribution in [3.8, 4) is 5.69 Å². The monoisotopic (exact) mass is 386 g/mol. The van der Waals surface area contributed by atoms with Gasteiger partial charge in [-0.05, 0) is 50.2 Å². The Kier molecular flexibility index (Phi) is 4.37. The summed E-state index contributed by atoms with van der Waals surface area (Å²) in [4.78, 5) is 17.5. The number of anilines is 1. The Morgan fingerprint density at radius 2 is 2.07 bits per heavy atom. The zero-order valence-electron chi connectivity index (χ0n) is 16.1. The lowest BCUT2D eigenvalue weighted by molar-refractivity contribution is 0.102. The summed E-state index contributed by atoms with van der Waals surface area (Å²) in [7, 11) is 0. The number of benzene rings is 2. The lowest BCUT2D eigenvalue weighted by Gasteiger charge is -2.10. The van der Waals surface area contributed by atoms with Gasteiger partial charge in [0.05, 0.1) is 28.6 Å². The van der Waals surface area contributed by atoms with Gasteiger partial charge >= 0.3 is 0 Å². The fourth-order valence-corrected chi connectivity index (χ4v) is 4.05. The van der Waals surface area contributed by atoms with E-state index in [2.05, 4.69) is 30.4 Å². The van der Waals surface area contributed by atoms with E-state index < -0.39 is 0 Å². The molecule has 29 heavy (non-hydrogen) atoms. The Labute approximate surface area is 168 Å². The van der Waals surface area contributed by atoms with E-state index in [-0.39, 0.29) is 5.91 Å². The van der Waals surface area contributed by atoms with Crippen molar-refractivity contribution in [3.63, 3.8) is 0 Å². The number of rotatable bonds is 4. The van der Waals surface area contributed by atoms with Gasteiger partial charge in [-0.1, -0.05) is 18.2 Å². The van der Waals surface area contributed by atoms with E-state index >= 15 is 0 Å². The van der Waals surface area contributed by atoms with E-state index in [9.17, 15) is 4.79 Å². The first-order valence-electron chi connectivity index (χ1n) is 9.80. The number of hydrogen-bond donors (Lipinski definition) is 3. The molecule has 1 fully saturated rings. The van der Waals surface area contributed by atoms with E-state index in [0.717, 1.165) is 53.4 Å². The average Bonchev–Trinajstić information content (AvgIpc) is 3.47. The number of para-hydroxylation sites is 1. The summed E-state index contributed by atoms with van der Waals surface area (Å²) in [5.74, 6) is 1.07. The fourth-order valence-electron chi connectivity index (χ4n) is 4.05. The first-order valence-corrected chi connectivity index (χ1v) is 9.80. The second-order valence-electron chi connectivity index (χ2n) is 7.37. The molecule has 7 heteroatoms. The Morgan fingerprint density at radius 3 is 2.86 bits per heavy atom. The molecular weight excluding hydrogens is 364 g/mol. The predicted molar refractivity (Wildman–Crippen MR) is 113 cm³/mol. The van der Waals surface area contributed by atoms with E-state index in [1.165, 1.54) is 0 Å². The molecule has 4 aromatic rings. The average molecular weight is 386 g/mol. The van der Waals surface area contributed by atoms with Gasteiger partial charge in [0, 0.05) is 23.7 Å². The highest BCUT2D eigenvalue weighted by molar-refractivity contribution is 6.06. The second kappa shape index (κ2) is 7.18. The third-order valence-corrected chi connectivity index (χ3v) is 5.48. The highest BCUT2D eigenvalue weighted by Gasteiger charge is 2.22. The highest BCUT2D eigenvalue weighted by atomic mass is 16.1. The van der Waals surface area contributed by atoms with Crippen LogP contribution >= 0.6 is 0 Å². The molecule has 1 aliphatic rings. The lowest BCUT2D eigenvalue weighted by Crippen LogP contribution is -2.14. The largest absolute Gasteiger partial charge is 0.319 e. The van der Waals surface area contributed by atoms with Gasteiger partial charge in [-0.25, -0.2) is 4.98 Å². The normalized spacial score (nSPS) is 16.4. The van der Waals surface area contributed by atoms with Crippen LogP contribution in [-0.2, 0) is 0 Å². The van der Waals surface area contributed by atoms with Gasteiger partial charge in [-0.15, -0.1) is 0 Å². The minimum Gasteiger partial charge on any atom is -0.319 e. The zero-order valence-corrected chi connectivity index (χ0v) is 16.1. The first-order chi connectivity index (χ1) is 14.2. The number of carbonyl (C=O) groups excluding carboxylic acids is 1. The van der Waals surface area contributed by atoms with Crippen molar-refractivity contribution < 1.29 is 4.79 Å². The zero-order chi connectivity index (χ0) is 19.8. The summed E-state index contributed by atoms with van der Waals surface area (Å²) in [6.45, 7) is 3.85. The SMILES string of the molecule is Cc1nc2cc(C(=O)Nc3cn[nH]c3C3CCNC3)ccc2n1-c1ccccc1. The Hall–Kier alpha value is -3.45. The summed E-state index contributed by atoms with van der Waals surface area (Å²) < 4.78 is 2.10.